The van der Waals surface area contributed by atoms with Gasteiger partial charge >= 0.3 is 0 Å². The Kier molecular flexibility index (Phi) is 4.79. The van der Waals surface area contributed by atoms with Crippen LogP contribution in [0.15, 0.2) is 36.4 Å². The van der Waals surface area contributed by atoms with Gasteiger partial charge in [-0.15, -0.1) is 0 Å². The van der Waals surface area contributed by atoms with E-state index in [1.165, 1.54) is 11.6 Å². The monoisotopic (exact) mass is 291 g/mol. The number of benzene rings is 2. The van der Waals surface area contributed by atoms with Crippen molar-refractivity contribution < 1.29 is 4.39 Å². The van der Waals surface area contributed by atoms with Gasteiger partial charge in [-0.25, -0.2) is 4.39 Å². The van der Waals surface area contributed by atoms with Crippen LogP contribution in [0.25, 0.3) is 0 Å². The molecule has 0 heterocycles. The Bertz CT molecular complexity index is 610. The van der Waals surface area contributed by atoms with Gasteiger partial charge in [0.25, 0.3) is 0 Å². The highest BCUT2D eigenvalue weighted by Crippen LogP contribution is 2.28. The molecular weight excluding hydrogens is 273 g/mol. The molecule has 0 spiro atoms. The van der Waals surface area contributed by atoms with E-state index >= 15 is 0 Å². The van der Waals surface area contributed by atoms with Gasteiger partial charge < -0.3 is 5.73 Å². The Morgan fingerprint density at radius 3 is 2.40 bits per heavy atom. The molecule has 20 heavy (non-hydrogen) atoms. The third kappa shape index (κ3) is 3.02. The largest absolute Gasteiger partial charge is 0.320 e. The smallest absolute Gasteiger partial charge is 0.129 e. The van der Waals surface area contributed by atoms with Crippen LogP contribution in [0.2, 0.25) is 5.02 Å². The molecule has 0 saturated heterocycles. The lowest BCUT2D eigenvalue weighted by atomic mass is 9.91. The fourth-order valence-electron chi connectivity index (χ4n) is 2.40. The maximum atomic E-state index is 14.0. The molecule has 0 saturated carbocycles. The second-order valence-electron chi connectivity index (χ2n) is 4.88. The molecule has 1 atom stereocenters. The van der Waals surface area contributed by atoms with Gasteiger partial charge in [0.1, 0.15) is 5.82 Å². The first kappa shape index (κ1) is 15.0. The minimum Gasteiger partial charge on any atom is -0.320 e. The van der Waals surface area contributed by atoms with Crippen LogP contribution in [-0.2, 0) is 12.8 Å². The van der Waals surface area contributed by atoms with E-state index in [-0.39, 0.29) is 5.82 Å². The van der Waals surface area contributed by atoms with Crippen LogP contribution in [0.5, 0.6) is 0 Å². The molecule has 0 radical (unpaired) electrons. The standard InChI is InChI=1S/C17H19ClFN/c1-3-11-5-6-12(4-2)15(9-11)17(20)14-8-7-13(18)10-16(14)19/h5-10,17H,3-4,20H2,1-2H3. The second-order valence-corrected chi connectivity index (χ2v) is 5.32. The first-order chi connectivity index (χ1) is 9.56. The van der Waals surface area contributed by atoms with Crippen molar-refractivity contribution in [2.45, 2.75) is 32.7 Å². The summed E-state index contributed by atoms with van der Waals surface area (Å²) in [6.07, 6.45) is 1.81. The number of halogens is 2. The molecule has 0 aliphatic heterocycles. The summed E-state index contributed by atoms with van der Waals surface area (Å²) >= 11 is 5.79. The summed E-state index contributed by atoms with van der Waals surface area (Å²) in [7, 11) is 0. The summed E-state index contributed by atoms with van der Waals surface area (Å²) in [6.45, 7) is 4.18. The molecule has 1 unspecified atom stereocenters. The van der Waals surface area contributed by atoms with Crippen LogP contribution < -0.4 is 5.73 Å². The third-order valence-electron chi connectivity index (χ3n) is 3.63. The molecule has 0 aliphatic carbocycles. The highest BCUT2D eigenvalue weighted by molar-refractivity contribution is 6.30. The summed E-state index contributed by atoms with van der Waals surface area (Å²) in [5, 5.41) is 0.386. The van der Waals surface area contributed by atoms with Gasteiger partial charge in [0.05, 0.1) is 6.04 Å². The zero-order chi connectivity index (χ0) is 14.7. The minimum atomic E-state index is -0.464. The summed E-state index contributed by atoms with van der Waals surface area (Å²) in [5.41, 5.74) is 10.1. The average molecular weight is 292 g/mol. The van der Waals surface area contributed by atoms with Crippen LogP contribution in [0.3, 0.4) is 0 Å². The number of hydrogen-bond donors (Lipinski definition) is 1. The lowest BCUT2D eigenvalue weighted by molar-refractivity contribution is 0.599. The Balaban J connectivity index is 2.48. The molecule has 0 bridgehead atoms. The van der Waals surface area contributed by atoms with Crippen molar-refractivity contribution >= 4 is 11.6 Å². The SMILES string of the molecule is CCc1ccc(CC)c(C(N)c2ccc(Cl)cc2F)c1. The fraction of sp³-hybridized carbons (Fsp3) is 0.294. The third-order valence-corrected chi connectivity index (χ3v) is 3.87. The molecule has 0 amide bonds. The topological polar surface area (TPSA) is 26.0 Å². The maximum Gasteiger partial charge on any atom is 0.129 e. The molecule has 1 nitrogen and oxygen atoms in total. The molecule has 2 rings (SSSR count). The minimum absolute atomic E-state index is 0.353. The van der Waals surface area contributed by atoms with Gasteiger partial charge in [-0.3, -0.25) is 0 Å². The Hall–Kier alpha value is -1.38. The Labute approximate surface area is 124 Å². The zero-order valence-corrected chi connectivity index (χ0v) is 12.5. The van der Waals surface area contributed by atoms with Crippen molar-refractivity contribution in [3.63, 3.8) is 0 Å². The van der Waals surface area contributed by atoms with Crippen LogP contribution in [0, 0.1) is 5.82 Å². The fourth-order valence-corrected chi connectivity index (χ4v) is 2.56. The van der Waals surface area contributed by atoms with Gasteiger partial charge in [0.2, 0.25) is 0 Å². The predicted molar refractivity (Wildman–Crippen MR) is 82.6 cm³/mol. The predicted octanol–water partition coefficient (Wildman–Crippen LogP) is 4.65. The Morgan fingerprint density at radius 1 is 1.05 bits per heavy atom. The first-order valence-electron chi connectivity index (χ1n) is 6.89. The van der Waals surface area contributed by atoms with Crippen LogP contribution in [0.4, 0.5) is 4.39 Å². The lowest BCUT2D eigenvalue weighted by Gasteiger charge is -2.18. The van der Waals surface area contributed by atoms with E-state index in [1.807, 2.05) is 0 Å². The quantitative estimate of drug-likeness (QED) is 0.871. The van der Waals surface area contributed by atoms with Gasteiger partial charge in [-0.05, 0) is 41.7 Å². The van der Waals surface area contributed by atoms with Crippen molar-refractivity contribution in [3.8, 4) is 0 Å². The summed E-state index contributed by atoms with van der Waals surface area (Å²) < 4.78 is 14.0. The molecule has 0 aliphatic rings. The number of rotatable bonds is 4. The van der Waals surface area contributed by atoms with E-state index in [2.05, 4.69) is 32.0 Å². The van der Waals surface area contributed by atoms with Gasteiger partial charge in [0, 0.05) is 10.6 Å². The van der Waals surface area contributed by atoms with E-state index < -0.39 is 6.04 Å². The Morgan fingerprint density at radius 2 is 1.80 bits per heavy atom. The van der Waals surface area contributed by atoms with Crippen LogP contribution in [-0.4, -0.2) is 0 Å². The van der Waals surface area contributed by atoms with E-state index in [4.69, 9.17) is 17.3 Å². The van der Waals surface area contributed by atoms with Gasteiger partial charge in [-0.2, -0.15) is 0 Å². The molecular formula is C17H19ClFN. The van der Waals surface area contributed by atoms with E-state index in [0.29, 0.717) is 10.6 Å². The normalized spacial score (nSPS) is 12.4. The van der Waals surface area contributed by atoms with Crippen molar-refractivity contribution in [2.75, 3.05) is 0 Å². The van der Waals surface area contributed by atoms with Crippen molar-refractivity contribution in [1.29, 1.82) is 0 Å². The van der Waals surface area contributed by atoms with E-state index in [0.717, 1.165) is 24.0 Å². The second kappa shape index (κ2) is 6.38. The van der Waals surface area contributed by atoms with Crippen molar-refractivity contribution in [3.05, 3.63) is 69.5 Å². The molecule has 0 fully saturated rings. The van der Waals surface area contributed by atoms with Gasteiger partial charge in [-0.1, -0.05) is 49.7 Å². The van der Waals surface area contributed by atoms with Crippen molar-refractivity contribution in [1.82, 2.24) is 0 Å². The maximum absolute atomic E-state index is 14.0. The zero-order valence-electron chi connectivity index (χ0n) is 11.8. The van der Waals surface area contributed by atoms with Crippen LogP contribution in [0.1, 0.15) is 42.1 Å². The molecule has 3 heteroatoms. The molecule has 106 valence electrons. The number of hydrogen-bond acceptors (Lipinski definition) is 1. The van der Waals surface area contributed by atoms with Crippen molar-refractivity contribution in [2.24, 2.45) is 5.73 Å². The van der Waals surface area contributed by atoms with E-state index in [9.17, 15) is 4.39 Å². The number of aryl methyl sites for hydroxylation is 2. The van der Waals surface area contributed by atoms with Gasteiger partial charge in [0.15, 0.2) is 0 Å². The first-order valence-corrected chi connectivity index (χ1v) is 7.26. The van der Waals surface area contributed by atoms with E-state index in [1.54, 1.807) is 12.1 Å². The summed E-state index contributed by atoms with van der Waals surface area (Å²) in [6, 6.07) is 10.5. The molecule has 2 aromatic carbocycles. The molecule has 2 N–H and O–H groups in total. The summed E-state index contributed by atoms with van der Waals surface area (Å²) in [4.78, 5) is 0. The lowest BCUT2D eigenvalue weighted by Crippen LogP contribution is -2.16. The summed E-state index contributed by atoms with van der Waals surface area (Å²) in [5.74, 6) is -0.353. The van der Waals surface area contributed by atoms with Crippen LogP contribution >= 0.6 is 11.6 Å². The average Bonchev–Trinajstić information content (AvgIpc) is 2.46. The molecule has 2 aromatic rings. The highest BCUT2D eigenvalue weighted by Gasteiger charge is 2.17. The number of nitrogens with two attached hydrogens (primary N) is 1. The highest BCUT2D eigenvalue weighted by atomic mass is 35.5. The molecule has 0 aromatic heterocycles.